The zero-order chi connectivity index (χ0) is 23.6. The molecule has 2 aliphatic heterocycles. The molecule has 4 rings (SSSR count). The number of rotatable bonds is 4. The van der Waals surface area contributed by atoms with E-state index in [9.17, 15) is 27.2 Å². The van der Waals surface area contributed by atoms with Crippen LogP contribution in [0.1, 0.15) is 29.5 Å². The second kappa shape index (κ2) is 8.97. The van der Waals surface area contributed by atoms with Gasteiger partial charge in [-0.25, -0.2) is 4.39 Å². The summed E-state index contributed by atoms with van der Waals surface area (Å²) in [6, 6.07) is 11.1. The molecule has 0 bridgehead atoms. The number of nitrogens with one attached hydrogen (secondary N) is 1. The Bertz CT molecular complexity index is 1080. The number of likely N-dealkylation sites (tertiary alicyclic amines) is 1. The van der Waals surface area contributed by atoms with Gasteiger partial charge in [0.2, 0.25) is 11.8 Å². The zero-order valence-corrected chi connectivity index (χ0v) is 17.7. The minimum absolute atomic E-state index is 0.123. The van der Waals surface area contributed by atoms with Crippen molar-refractivity contribution in [3.63, 3.8) is 0 Å². The molecule has 2 amide bonds. The van der Waals surface area contributed by atoms with Crippen molar-refractivity contribution in [2.75, 3.05) is 19.6 Å². The number of benzene rings is 2. The second-order valence-corrected chi connectivity index (χ2v) is 8.24. The molecule has 5 nitrogen and oxygen atoms in total. The molecule has 0 saturated carbocycles. The molecule has 0 unspecified atom stereocenters. The van der Waals surface area contributed by atoms with Crippen molar-refractivity contribution in [2.24, 2.45) is 0 Å². The molecular formula is C24H23F4N3O2. The van der Waals surface area contributed by atoms with Gasteiger partial charge in [0.15, 0.2) is 0 Å². The van der Waals surface area contributed by atoms with Gasteiger partial charge in [-0.1, -0.05) is 30.3 Å². The number of carbonyl (C=O) groups excluding carboxylic acids is 2. The number of nitrogens with zero attached hydrogens (tertiary/aromatic N) is 2. The van der Waals surface area contributed by atoms with Crippen LogP contribution in [0.5, 0.6) is 0 Å². The quantitative estimate of drug-likeness (QED) is 0.557. The Morgan fingerprint density at radius 1 is 1.09 bits per heavy atom. The van der Waals surface area contributed by atoms with Crippen LogP contribution in [0.3, 0.4) is 0 Å². The fraction of sp³-hybridized carbons (Fsp3) is 0.333. The molecule has 1 spiro atoms. The fourth-order valence-electron chi connectivity index (χ4n) is 4.34. The lowest BCUT2D eigenvalue weighted by Gasteiger charge is -2.44. The Kier molecular flexibility index (Phi) is 6.25. The van der Waals surface area contributed by atoms with Crippen molar-refractivity contribution >= 4 is 17.9 Å². The van der Waals surface area contributed by atoms with Gasteiger partial charge in [-0.05, 0) is 29.8 Å². The maximum absolute atomic E-state index is 14.1. The van der Waals surface area contributed by atoms with E-state index < -0.39 is 17.4 Å². The summed E-state index contributed by atoms with van der Waals surface area (Å²) in [5, 5.41) is 3.24. The van der Waals surface area contributed by atoms with Crippen LogP contribution < -0.4 is 5.32 Å². The molecule has 2 aromatic carbocycles. The lowest BCUT2D eigenvalue weighted by molar-refractivity contribution is -0.138. The number of halogens is 4. The molecule has 0 aliphatic carbocycles. The monoisotopic (exact) mass is 461 g/mol. The molecule has 2 aromatic rings. The summed E-state index contributed by atoms with van der Waals surface area (Å²) in [6.07, 6.45) is -0.885. The lowest BCUT2D eigenvalue weighted by Crippen LogP contribution is -2.58. The minimum atomic E-state index is -4.45. The van der Waals surface area contributed by atoms with Gasteiger partial charge < -0.3 is 9.80 Å². The van der Waals surface area contributed by atoms with Crippen molar-refractivity contribution < 1.29 is 27.2 Å². The van der Waals surface area contributed by atoms with Crippen molar-refractivity contribution in [3.05, 3.63) is 77.1 Å². The summed E-state index contributed by atoms with van der Waals surface area (Å²) < 4.78 is 52.7. The van der Waals surface area contributed by atoms with E-state index in [0.717, 1.165) is 12.1 Å². The first-order chi connectivity index (χ1) is 15.7. The highest BCUT2D eigenvalue weighted by Gasteiger charge is 2.47. The van der Waals surface area contributed by atoms with E-state index in [4.69, 9.17) is 0 Å². The van der Waals surface area contributed by atoms with Crippen molar-refractivity contribution in [1.82, 2.24) is 15.1 Å². The van der Waals surface area contributed by atoms with Crippen LogP contribution >= 0.6 is 0 Å². The number of amides is 2. The van der Waals surface area contributed by atoms with Crippen molar-refractivity contribution in [3.8, 4) is 0 Å². The largest absolute Gasteiger partial charge is 0.416 e. The summed E-state index contributed by atoms with van der Waals surface area (Å²) >= 11 is 0. The Hall–Kier alpha value is -3.20. The summed E-state index contributed by atoms with van der Waals surface area (Å²) in [5.41, 5.74) is -0.716. The van der Waals surface area contributed by atoms with E-state index in [1.54, 1.807) is 28.0 Å². The van der Waals surface area contributed by atoms with Crippen LogP contribution in [-0.4, -0.2) is 46.9 Å². The Balaban J connectivity index is 1.40. The van der Waals surface area contributed by atoms with E-state index in [1.165, 1.54) is 30.4 Å². The summed E-state index contributed by atoms with van der Waals surface area (Å²) in [7, 11) is 0. The summed E-state index contributed by atoms with van der Waals surface area (Å²) in [6.45, 7) is 1.01. The Labute approximate surface area is 188 Å². The summed E-state index contributed by atoms with van der Waals surface area (Å²) in [4.78, 5) is 28.4. The van der Waals surface area contributed by atoms with Gasteiger partial charge >= 0.3 is 6.18 Å². The molecule has 2 heterocycles. The SMILES string of the molecule is O=C(/C=C/c1cccc(C(F)(F)F)c1)N1CCC2(CC1)NCC(=O)N2Cc1ccccc1F. The van der Waals surface area contributed by atoms with Crippen LogP contribution in [0.2, 0.25) is 0 Å². The second-order valence-electron chi connectivity index (χ2n) is 8.24. The smallest absolute Gasteiger partial charge is 0.339 e. The van der Waals surface area contributed by atoms with Gasteiger partial charge in [-0.15, -0.1) is 0 Å². The van der Waals surface area contributed by atoms with Crippen molar-refractivity contribution in [2.45, 2.75) is 31.2 Å². The number of hydrogen-bond donors (Lipinski definition) is 1. The third-order valence-corrected chi connectivity index (χ3v) is 6.21. The molecule has 0 radical (unpaired) electrons. The van der Waals surface area contributed by atoms with Gasteiger partial charge in [0.25, 0.3) is 0 Å². The lowest BCUT2D eigenvalue weighted by atomic mass is 9.95. The van der Waals surface area contributed by atoms with Crippen LogP contribution in [-0.2, 0) is 22.3 Å². The van der Waals surface area contributed by atoms with Gasteiger partial charge in [0.05, 0.1) is 24.3 Å². The number of piperidine rings is 1. The highest BCUT2D eigenvalue weighted by molar-refractivity contribution is 5.92. The van der Waals surface area contributed by atoms with Gasteiger partial charge in [-0.3, -0.25) is 14.9 Å². The zero-order valence-electron chi connectivity index (χ0n) is 17.7. The molecule has 2 aliphatic rings. The highest BCUT2D eigenvalue weighted by atomic mass is 19.4. The van der Waals surface area contributed by atoms with Crippen LogP contribution in [0, 0.1) is 5.82 Å². The fourth-order valence-corrected chi connectivity index (χ4v) is 4.34. The van der Waals surface area contributed by atoms with Gasteiger partial charge in [0, 0.05) is 37.6 Å². The predicted molar refractivity (Wildman–Crippen MR) is 114 cm³/mol. The first-order valence-electron chi connectivity index (χ1n) is 10.6. The molecule has 2 fully saturated rings. The Morgan fingerprint density at radius 2 is 1.82 bits per heavy atom. The molecule has 2 saturated heterocycles. The molecule has 174 valence electrons. The van der Waals surface area contributed by atoms with Gasteiger partial charge in [0.1, 0.15) is 5.82 Å². The molecular weight excluding hydrogens is 438 g/mol. The standard InChI is InChI=1S/C24H23F4N3O2/c25-20-7-2-1-5-18(20)16-31-22(33)15-29-23(31)10-12-30(13-11-23)21(32)9-8-17-4-3-6-19(14-17)24(26,27)28/h1-9,14,29H,10-13,15-16H2/b9-8+. The van der Waals surface area contributed by atoms with E-state index in [0.29, 0.717) is 31.5 Å². The van der Waals surface area contributed by atoms with Gasteiger partial charge in [-0.2, -0.15) is 13.2 Å². The molecule has 0 atom stereocenters. The molecule has 33 heavy (non-hydrogen) atoms. The van der Waals surface area contributed by atoms with E-state index in [1.807, 2.05) is 0 Å². The first-order valence-corrected chi connectivity index (χ1v) is 10.6. The van der Waals surface area contributed by atoms with Crippen LogP contribution in [0.25, 0.3) is 6.08 Å². The van der Waals surface area contributed by atoms with Crippen molar-refractivity contribution in [1.29, 1.82) is 0 Å². The summed E-state index contributed by atoms with van der Waals surface area (Å²) in [5.74, 6) is -0.811. The number of hydrogen-bond acceptors (Lipinski definition) is 3. The van der Waals surface area contributed by atoms with E-state index >= 15 is 0 Å². The molecule has 0 aromatic heterocycles. The average Bonchev–Trinajstić information content (AvgIpc) is 3.09. The van der Waals surface area contributed by atoms with E-state index in [2.05, 4.69) is 5.32 Å². The topological polar surface area (TPSA) is 52.7 Å². The number of alkyl halides is 3. The maximum atomic E-state index is 14.1. The maximum Gasteiger partial charge on any atom is 0.416 e. The minimum Gasteiger partial charge on any atom is -0.339 e. The normalized spacial score (nSPS) is 18.5. The third-order valence-electron chi connectivity index (χ3n) is 6.21. The van der Waals surface area contributed by atoms with Crippen LogP contribution in [0.15, 0.2) is 54.6 Å². The predicted octanol–water partition coefficient (Wildman–Crippen LogP) is 3.81. The molecule has 9 heteroatoms. The first kappa shape index (κ1) is 23.0. The Morgan fingerprint density at radius 3 is 2.52 bits per heavy atom. The molecule has 1 N–H and O–H groups in total. The van der Waals surface area contributed by atoms with E-state index in [-0.39, 0.29) is 36.3 Å². The van der Waals surface area contributed by atoms with Crippen LogP contribution in [0.4, 0.5) is 17.6 Å². The number of carbonyl (C=O) groups is 2. The average molecular weight is 461 g/mol. The third kappa shape index (κ3) is 4.93. The highest BCUT2D eigenvalue weighted by Crippen LogP contribution is 2.32.